The van der Waals surface area contributed by atoms with Gasteiger partial charge in [-0.1, -0.05) is 19.1 Å². The number of para-hydroxylation sites is 1. The predicted octanol–water partition coefficient (Wildman–Crippen LogP) is 0.812. The summed E-state index contributed by atoms with van der Waals surface area (Å²) in [5.74, 6) is -0.138. The fraction of sp³-hybridized carbons (Fsp3) is 0.385. The van der Waals surface area contributed by atoms with Gasteiger partial charge in [-0.3, -0.25) is 4.79 Å². The van der Waals surface area contributed by atoms with Gasteiger partial charge in [0.05, 0.1) is 11.3 Å². The van der Waals surface area contributed by atoms with Crippen LogP contribution in [0.1, 0.15) is 24.2 Å². The van der Waals surface area contributed by atoms with Crippen LogP contribution in [0, 0.1) is 0 Å². The first-order chi connectivity index (χ1) is 9.72. The number of benzene rings is 1. The van der Waals surface area contributed by atoms with Crippen molar-refractivity contribution in [1.29, 1.82) is 0 Å². The average molecular weight is 311 g/mol. The summed E-state index contributed by atoms with van der Waals surface area (Å²) in [6.07, 6.45) is 1.47. The van der Waals surface area contributed by atoms with E-state index in [1.54, 1.807) is 12.1 Å². The maximum Gasteiger partial charge on any atom is 0.253 e. The van der Waals surface area contributed by atoms with Gasteiger partial charge in [-0.15, -0.1) is 17.5 Å². The van der Waals surface area contributed by atoms with Crippen molar-refractivity contribution in [3.8, 4) is 5.69 Å². The Morgan fingerprint density at radius 2 is 2.14 bits per heavy atom. The number of nitrogens with one attached hydrogen (secondary N) is 2. The maximum atomic E-state index is 12.2. The van der Waals surface area contributed by atoms with Crippen molar-refractivity contribution < 1.29 is 4.79 Å². The van der Waals surface area contributed by atoms with E-state index < -0.39 is 0 Å². The first-order valence-electron chi connectivity index (χ1n) is 6.56. The first-order valence-corrected chi connectivity index (χ1v) is 6.56. The fourth-order valence-corrected chi connectivity index (χ4v) is 1.90. The van der Waals surface area contributed by atoms with Gasteiger partial charge in [0.2, 0.25) is 0 Å². The minimum Gasteiger partial charge on any atom is -0.350 e. The zero-order valence-electron chi connectivity index (χ0n) is 12.0. The molecule has 0 fully saturated rings. The lowest BCUT2D eigenvalue weighted by Gasteiger charge is -2.14. The highest BCUT2D eigenvalue weighted by Crippen LogP contribution is 2.12. The molecule has 0 radical (unpaired) electrons. The molecule has 2 N–H and O–H groups in total. The molecule has 8 heteroatoms. The minimum atomic E-state index is -0.138. The van der Waals surface area contributed by atoms with Crippen LogP contribution in [0.5, 0.6) is 0 Å². The van der Waals surface area contributed by atoms with Crippen molar-refractivity contribution >= 4 is 18.3 Å². The molecule has 0 aliphatic carbocycles. The Labute approximate surface area is 129 Å². The molecule has 0 aliphatic rings. The Morgan fingerprint density at radius 3 is 2.81 bits per heavy atom. The van der Waals surface area contributed by atoms with Gasteiger partial charge in [-0.2, -0.15) is 4.68 Å². The van der Waals surface area contributed by atoms with Crippen molar-refractivity contribution in [2.45, 2.75) is 19.9 Å². The molecular weight excluding hydrogens is 292 g/mol. The van der Waals surface area contributed by atoms with E-state index in [4.69, 9.17) is 0 Å². The molecule has 2 rings (SSSR count). The first kappa shape index (κ1) is 17.1. The van der Waals surface area contributed by atoms with Crippen LogP contribution in [0.2, 0.25) is 0 Å². The smallest absolute Gasteiger partial charge is 0.253 e. The van der Waals surface area contributed by atoms with Crippen LogP contribution in [0.4, 0.5) is 0 Å². The highest BCUT2D eigenvalue weighted by Gasteiger charge is 2.13. The number of rotatable bonds is 6. The lowest BCUT2D eigenvalue weighted by molar-refractivity contribution is 0.0950. The van der Waals surface area contributed by atoms with E-state index in [1.807, 2.05) is 26.0 Å². The van der Waals surface area contributed by atoms with Crippen molar-refractivity contribution in [3.63, 3.8) is 0 Å². The molecular formula is C13H19ClN6O. The number of aromatic nitrogens is 4. The number of likely N-dealkylation sites (N-methyl/N-ethyl adjacent to an activating group) is 1. The van der Waals surface area contributed by atoms with E-state index in [0.29, 0.717) is 17.8 Å². The second kappa shape index (κ2) is 8.33. The molecule has 1 atom stereocenters. The monoisotopic (exact) mass is 310 g/mol. The summed E-state index contributed by atoms with van der Waals surface area (Å²) >= 11 is 0. The molecule has 0 saturated carbocycles. The number of tetrazole rings is 1. The summed E-state index contributed by atoms with van der Waals surface area (Å²) in [6, 6.07) is 7.44. The molecule has 0 spiro atoms. The van der Waals surface area contributed by atoms with Crippen LogP contribution in [-0.2, 0) is 0 Å². The molecule has 1 amide bonds. The summed E-state index contributed by atoms with van der Waals surface area (Å²) in [7, 11) is 0. The molecule has 0 unspecified atom stereocenters. The number of carbonyl (C=O) groups is 1. The van der Waals surface area contributed by atoms with E-state index in [2.05, 4.69) is 26.2 Å². The van der Waals surface area contributed by atoms with E-state index >= 15 is 0 Å². The number of amides is 1. The number of halogens is 1. The Hall–Kier alpha value is -1.99. The number of hydrogen-bond acceptors (Lipinski definition) is 5. The Balaban J connectivity index is 0.00000220. The zero-order chi connectivity index (χ0) is 14.4. The minimum absolute atomic E-state index is 0. The fourth-order valence-electron chi connectivity index (χ4n) is 1.90. The van der Waals surface area contributed by atoms with Crippen LogP contribution < -0.4 is 10.6 Å². The van der Waals surface area contributed by atoms with Crippen LogP contribution in [-0.4, -0.2) is 45.2 Å². The van der Waals surface area contributed by atoms with Crippen LogP contribution in [0.25, 0.3) is 5.69 Å². The number of hydrogen-bond donors (Lipinski definition) is 2. The largest absolute Gasteiger partial charge is 0.350 e. The van der Waals surface area contributed by atoms with Gasteiger partial charge >= 0.3 is 0 Å². The molecule has 114 valence electrons. The standard InChI is InChI=1S/C13H18N6O.ClH/c1-3-14-10(2)8-15-13(20)11-6-4-5-7-12(11)19-9-16-17-18-19;/h4-7,9-10,14H,3,8H2,1-2H3,(H,15,20);1H/t10-;/m1./s1. The van der Waals surface area contributed by atoms with Gasteiger partial charge in [0.25, 0.3) is 5.91 Å². The van der Waals surface area contributed by atoms with E-state index in [0.717, 1.165) is 6.54 Å². The maximum absolute atomic E-state index is 12.2. The lowest BCUT2D eigenvalue weighted by atomic mass is 10.1. The summed E-state index contributed by atoms with van der Waals surface area (Å²) in [6.45, 7) is 5.50. The van der Waals surface area contributed by atoms with Crippen molar-refractivity contribution in [2.75, 3.05) is 13.1 Å². The zero-order valence-corrected chi connectivity index (χ0v) is 12.8. The van der Waals surface area contributed by atoms with Crippen molar-refractivity contribution in [3.05, 3.63) is 36.2 Å². The second-order valence-electron chi connectivity index (χ2n) is 4.44. The average Bonchev–Trinajstić information content (AvgIpc) is 2.99. The molecule has 0 aliphatic heterocycles. The Bertz CT molecular complexity index is 560. The number of nitrogens with zero attached hydrogens (tertiary/aromatic N) is 4. The highest BCUT2D eigenvalue weighted by molar-refractivity contribution is 5.97. The SMILES string of the molecule is CCN[C@H](C)CNC(=O)c1ccccc1-n1cnnn1.Cl. The molecule has 0 bridgehead atoms. The topological polar surface area (TPSA) is 84.7 Å². The third-order valence-electron chi connectivity index (χ3n) is 2.87. The number of carbonyl (C=O) groups excluding carboxylic acids is 1. The molecule has 1 aromatic carbocycles. The van der Waals surface area contributed by atoms with E-state index in [9.17, 15) is 4.79 Å². The predicted molar refractivity (Wildman–Crippen MR) is 81.9 cm³/mol. The van der Waals surface area contributed by atoms with Gasteiger partial charge in [0, 0.05) is 12.6 Å². The molecule has 2 aromatic rings. The summed E-state index contributed by atoms with van der Waals surface area (Å²) in [4.78, 5) is 12.2. The van der Waals surface area contributed by atoms with Gasteiger partial charge < -0.3 is 10.6 Å². The quantitative estimate of drug-likeness (QED) is 0.825. The Morgan fingerprint density at radius 1 is 1.38 bits per heavy atom. The molecule has 7 nitrogen and oxygen atoms in total. The van der Waals surface area contributed by atoms with Gasteiger partial charge in [-0.05, 0) is 36.0 Å². The van der Waals surface area contributed by atoms with Crippen LogP contribution >= 0.6 is 12.4 Å². The molecule has 0 saturated heterocycles. The summed E-state index contributed by atoms with van der Waals surface area (Å²) in [5.41, 5.74) is 1.20. The molecule has 1 heterocycles. The highest BCUT2D eigenvalue weighted by atomic mass is 35.5. The van der Waals surface area contributed by atoms with Crippen LogP contribution in [0.15, 0.2) is 30.6 Å². The third kappa shape index (κ3) is 4.51. The van der Waals surface area contributed by atoms with Gasteiger partial charge in [-0.25, -0.2) is 0 Å². The molecule has 1 aromatic heterocycles. The Kier molecular flexibility index (Phi) is 6.77. The summed E-state index contributed by atoms with van der Waals surface area (Å²) in [5, 5.41) is 17.1. The van der Waals surface area contributed by atoms with Gasteiger partial charge in [0.15, 0.2) is 0 Å². The second-order valence-corrected chi connectivity index (χ2v) is 4.44. The molecule has 21 heavy (non-hydrogen) atoms. The lowest BCUT2D eigenvalue weighted by Crippen LogP contribution is -2.39. The third-order valence-corrected chi connectivity index (χ3v) is 2.87. The van der Waals surface area contributed by atoms with E-state index in [-0.39, 0.29) is 24.4 Å². The van der Waals surface area contributed by atoms with Crippen molar-refractivity contribution in [1.82, 2.24) is 30.8 Å². The van der Waals surface area contributed by atoms with Crippen molar-refractivity contribution in [2.24, 2.45) is 0 Å². The van der Waals surface area contributed by atoms with Crippen LogP contribution in [0.3, 0.4) is 0 Å². The summed E-state index contributed by atoms with van der Waals surface area (Å²) < 4.78 is 1.47. The van der Waals surface area contributed by atoms with Gasteiger partial charge in [0.1, 0.15) is 6.33 Å². The normalized spacial score (nSPS) is 11.5. The van der Waals surface area contributed by atoms with E-state index in [1.165, 1.54) is 11.0 Å².